The van der Waals surface area contributed by atoms with Gasteiger partial charge in [0.15, 0.2) is 0 Å². The maximum absolute atomic E-state index is 5.25. The molecule has 1 aliphatic rings. The average Bonchev–Trinajstić information content (AvgIpc) is 2.62. The maximum atomic E-state index is 5.25. The van der Waals surface area contributed by atoms with Gasteiger partial charge in [0.25, 0.3) is 6.29 Å². The van der Waals surface area contributed by atoms with Gasteiger partial charge in [0.1, 0.15) is 12.5 Å². The Hall–Kier alpha value is -0.230. The summed E-state index contributed by atoms with van der Waals surface area (Å²) < 4.78 is 12.7. The SMILES string of the molecule is Brc1cccc(C2OC=CO2)c1I. The Morgan fingerprint density at radius 1 is 1.23 bits per heavy atom. The van der Waals surface area contributed by atoms with Gasteiger partial charge < -0.3 is 9.47 Å². The van der Waals surface area contributed by atoms with Gasteiger partial charge in [0.2, 0.25) is 0 Å². The highest BCUT2D eigenvalue weighted by atomic mass is 127. The third-order valence-electron chi connectivity index (χ3n) is 1.70. The molecule has 0 unspecified atom stereocenters. The van der Waals surface area contributed by atoms with E-state index in [1.807, 2.05) is 18.2 Å². The monoisotopic (exact) mass is 352 g/mol. The molecule has 0 fully saturated rings. The van der Waals surface area contributed by atoms with Crippen LogP contribution in [0, 0.1) is 3.57 Å². The van der Waals surface area contributed by atoms with E-state index in [-0.39, 0.29) is 6.29 Å². The highest BCUT2D eigenvalue weighted by molar-refractivity contribution is 14.1. The first-order valence-electron chi connectivity index (χ1n) is 3.69. The van der Waals surface area contributed by atoms with E-state index < -0.39 is 0 Å². The second-order valence-electron chi connectivity index (χ2n) is 2.52. The van der Waals surface area contributed by atoms with Gasteiger partial charge >= 0.3 is 0 Å². The molecule has 0 amide bonds. The van der Waals surface area contributed by atoms with Crippen molar-refractivity contribution in [1.82, 2.24) is 0 Å². The van der Waals surface area contributed by atoms with Gasteiger partial charge in [-0.3, -0.25) is 0 Å². The minimum atomic E-state index is -0.288. The molecule has 0 saturated heterocycles. The summed E-state index contributed by atoms with van der Waals surface area (Å²) in [7, 11) is 0. The van der Waals surface area contributed by atoms with Crippen molar-refractivity contribution in [2.24, 2.45) is 0 Å². The van der Waals surface area contributed by atoms with Crippen LogP contribution in [0.1, 0.15) is 11.9 Å². The molecular formula is C9H6BrIO2. The second kappa shape index (κ2) is 3.88. The lowest BCUT2D eigenvalue weighted by atomic mass is 10.2. The predicted octanol–water partition coefficient (Wildman–Crippen LogP) is 3.57. The zero-order chi connectivity index (χ0) is 9.26. The van der Waals surface area contributed by atoms with E-state index in [1.54, 1.807) is 12.5 Å². The van der Waals surface area contributed by atoms with Crippen LogP contribution in [0.4, 0.5) is 0 Å². The molecule has 0 aromatic heterocycles. The normalized spacial score (nSPS) is 15.5. The molecule has 0 atom stereocenters. The fourth-order valence-electron chi connectivity index (χ4n) is 1.09. The lowest BCUT2D eigenvalue weighted by molar-refractivity contribution is -0.0252. The number of rotatable bonds is 1. The molecule has 1 aromatic rings. The Morgan fingerprint density at radius 3 is 2.62 bits per heavy atom. The molecular weight excluding hydrogens is 347 g/mol. The van der Waals surface area contributed by atoms with Gasteiger partial charge in [0, 0.05) is 13.6 Å². The summed E-state index contributed by atoms with van der Waals surface area (Å²) >= 11 is 5.71. The number of benzene rings is 1. The average molecular weight is 353 g/mol. The number of hydrogen-bond donors (Lipinski definition) is 0. The van der Waals surface area contributed by atoms with Crippen LogP contribution in [-0.4, -0.2) is 0 Å². The standard InChI is InChI=1S/C9H6BrIO2/c10-7-3-1-2-6(8(7)11)9-12-4-5-13-9/h1-5,9H. The molecule has 2 rings (SSSR count). The molecule has 68 valence electrons. The fraction of sp³-hybridized carbons (Fsp3) is 0.111. The van der Waals surface area contributed by atoms with E-state index in [1.165, 1.54) is 0 Å². The first-order chi connectivity index (χ1) is 6.29. The van der Waals surface area contributed by atoms with Crippen molar-refractivity contribution < 1.29 is 9.47 Å². The first-order valence-corrected chi connectivity index (χ1v) is 5.56. The van der Waals surface area contributed by atoms with Crippen molar-refractivity contribution in [3.05, 3.63) is 44.3 Å². The summed E-state index contributed by atoms with van der Waals surface area (Å²) in [6.45, 7) is 0. The highest BCUT2D eigenvalue weighted by Crippen LogP contribution is 2.31. The Morgan fingerprint density at radius 2 is 1.92 bits per heavy atom. The zero-order valence-corrected chi connectivity index (χ0v) is 10.3. The zero-order valence-electron chi connectivity index (χ0n) is 6.54. The molecule has 0 aliphatic carbocycles. The largest absolute Gasteiger partial charge is 0.455 e. The Balaban J connectivity index is 2.34. The quantitative estimate of drug-likeness (QED) is 0.719. The van der Waals surface area contributed by atoms with Crippen LogP contribution in [0.25, 0.3) is 0 Å². The lowest BCUT2D eigenvalue weighted by Gasteiger charge is -2.12. The Labute approximate surface area is 98.2 Å². The summed E-state index contributed by atoms with van der Waals surface area (Å²) in [5.41, 5.74) is 1.04. The van der Waals surface area contributed by atoms with E-state index in [0.717, 1.165) is 13.6 Å². The van der Waals surface area contributed by atoms with Crippen LogP contribution >= 0.6 is 38.5 Å². The molecule has 1 heterocycles. The van der Waals surface area contributed by atoms with E-state index in [9.17, 15) is 0 Å². The lowest BCUT2D eigenvalue weighted by Crippen LogP contribution is -2.00. The van der Waals surface area contributed by atoms with Crippen molar-refractivity contribution >= 4 is 38.5 Å². The van der Waals surface area contributed by atoms with Crippen LogP contribution in [0.2, 0.25) is 0 Å². The van der Waals surface area contributed by atoms with Crippen molar-refractivity contribution in [3.63, 3.8) is 0 Å². The Bertz CT molecular complexity index is 343. The summed E-state index contributed by atoms with van der Waals surface area (Å²) in [4.78, 5) is 0. The molecule has 4 heteroatoms. The molecule has 1 aliphatic heterocycles. The molecule has 0 bridgehead atoms. The van der Waals surface area contributed by atoms with Crippen molar-refractivity contribution in [1.29, 1.82) is 0 Å². The number of hydrogen-bond acceptors (Lipinski definition) is 2. The van der Waals surface area contributed by atoms with Gasteiger partial charge in [-0.2, -0.15) is 0 Å². The Kier molecular flexibility index (Phi) is 2.78. The second-order valence-corrected chi connectivity index (χ2v) is 4.45. The smallest absolute Gasteiger partial charge is 0.267 e. The van der Waals surface area contributed by atoms with Crippen LogP contribution < -0.4 is 0 Å². The van der Waals surface area contributed by atoms with Crippen LogP contribution in [0.5, 0.6) is 0 Å². The minimum Gasteiger partial charge on any atom is -0.455 e. The molecule has 0 saturated carbocycles. The van der Waals surface area contributed by atoms with Gasteiger partial charge in [-0.25, -0.2) is 0 Å². The van der Waals surface area contributed by atoms with Crippen molar-refractivity contribution in [2.75, 3.05) is 0 Å². The topological polar surface area (TPSA) is 18.5 Å². The van der Waals surface area contributed by atoms with Crippen molar-refractivity contribution in [2.45, 2.75) is 6.29 Å². The van der Waals surface area contributed by atoms with Crippen molar-refractivity contribution in [3.8, 4) is 0 Å². The van der Waals surface area contributed by atoms with E-state index in [4.69, 9.17) is 9.47 Å². The van der Waals surface area contributed by atoms with Crippen LogP contribution in [0.15, 0.2) is 35.2 Å². The number of halogens is 2. The molecule has 0 spiro atoms. The van der Waals surface area contributed by atoms with Gasteiger partial charge in [-0.05, 0) is 44.6 Å². The van der Waals surface area contributed by atoms with Crippen LogP contribution in [-0.2, 0) is 9.47 Å². The van der Waals surface area contributed by atoms with E-state index >= 15 is 0 Å². The molecule has 0 radical (unpaired) electrons. The summed E-state index contributed by atoms with van der Waals surface area (Å²) in [5.74, 6) is 0. The molecule has 2 nitrogen and oxygen atoms in total. The maximum Gasteiger partial charge on any atom is 0.267 e. The van der Waals surface area contributed by atoms with Gasteiger partial charge in [0.05, 0.1) is 0 Å². The summed E-state index contributed by atoms with van der Waals surface area (Å²) in [6.07, 6.45) is 2.83. The molecule has 0 N–H and O–H groups in total. The highest BCUT2D eigenvalue weighted by Gasteiger charge is 2.19. The van der Waals surface area contributed by atoms with Gasteiger partial charge in [-0.15, -0.1) is 0 Å². The third-order valence-corrected chi connectivity index (χ3v) is 4.30. The third kappa shape index (κ3) is 1.83. The summed E-state index contributed by atoms with van der Waals surface area (Å²) in [6, 6.07) is 5.95. The number of ether oxygens (including phenoxy) is 2. The first kappa shape index (κ1) is 9.33. The van der Waals surface area contributed by atoms with E-state index in [2.05, 4.69) is 38.5 Å². The van der Waals surface area contributed by atoms with Gasteiger partial charge in [-0.1, -0.05) is 12.1 Å². The van der Waals surface area contributed by atoms with Crippen LogP contribution in [0.3, 0.4) is 0 Å². The fourth-order valence-corrected chi connectivity index (χ4v) is 2.08. The summed E-state index contributed by atoms with van der Waals surface area (Å²) in [5, 5.41) is 0. The molecule has 13 heavy (non-hydrogen) atoms. The van der Waals surface area contributed by atoms with E-state index in [0.29, 0.717) is 0 Å². The minimum absolute atomic E-state index is 0.288. The molecule has 1 aromatic carbocycles. The predicted molar refractivity (Wildman–Crippen MR) is 60.9 cm³/mol.